The van der Waals surface area contributed by atoms with E-state index in [4.69, 9.17) is 23.2 Å². The van der Waals surface area contributed by atoms with Gasteiger partial charge >= 0.3 is 0 Å². The van der Waals surface area contributed by atoms with Crippen LogP contribution in [0.5, 0.6) is 0 Å². The van der Waals surface area contributed by atoms with Gasteiger partial charge in [-0.1, -0.05) is 11.6 Å². The molecule has 0 aliphatic carbocycles. The zero-order chi connectivity index (χ0) is 14.4. The van der Waals surface area contributed by atoms with Crippen molar-refractivity contribution in [1.82, 2.24) is 20.2 Å². The quantitative estimate of drug-likeness (QED) is 0.657. The van der Waals surface area contributed by atoms with Crippen molar-refractivity contribution in [2.45, 2.75) is 19.3 Å². The smallest absolute Gasteiger partial charge is 0.224 e. The number of hydrogen-bond acceptors (Lipinski definition) is 4. The number of carbonyl (C=O) groups excluding carboxylic acids is 1. The van der Waals surface area contributed by atoms with E-state index in [0.717, 1.165) is 18.5 Å². The lowest BCUT2D eigenvalue weighted by Crippen LogP contribution is -2.12. The second kappa shape index (κ2) is 7.21. The first-order chi connectivity index (χ1) is 9.70. The van der Waals surface area contributed by atoms with E-state index in [0.29, 0.717) is 23.0 Å². The molecule has 0 aliphatic heterocycles. The molecule has 0 aliphatic rings. The third-order valence-corrected chi connectivity index (χ3v) is 3.22. The molecule has 1 aromatic carbocycles. The molecule has 0 unspecified atom stereocenters. The van der Waals surface area contributed by atoms with Crippen molar-refractivity contribution in [3.63, 3.8) is 0 Å². The zero-order valence-electron chi connectivity index (χ0n) is 10.6. The van der Waals surface area contributed by atoms with E-state index in [1.807, 2.05) is 0 Å². The minimum atomic E-state index is -0.0918. The third kappa shape index (κ3) is 3.91. The molecule has 1 N–H and O–H groups in total. The molecule has 1 heterocycles. The number of anilines is 1. The van der Waals surface area contributed by atoms with Gasteiger partial charge in [0.2, 0.25) is 5.91 Å². The van der Waals surface area contributed by atoms with Gasteiger partial charge < -0.3 is 5.32 Å². The summed E-state index contributed by atoms with van der Waals surface area (Å²) in [5, 5.41) is 14.1. The van der Waals surface area contributed by atoms with Crippen LogP contribution in [0.25, 0.3) is 5.69 Å². The van der Waals surface area contributed by atoms with Crippen molar-refractivity contribution in [3.05, 3.63) is 29.5 Å². The number of rotatable bonds is 6. The highest BCUT2D eigenvalue weighted by molar-refractivity contribution is 6.33. The van der Waals surface area contributed by atoms with Gasteiger partial charge in [-0.05, 0) is 41.5 Å². The van der Waals surface area contributed by atoms with Crippen molar-refractivity contribution in [2.24, 2.45) is 0 Å². The highest BCUT2D eigenvalue weighted by Crippen LogP contribution is 2.24. The number of nitrogens with zero attached hydrogens (tertiary/aromatic N) is 4. The summed E-state index contributed by atoms with van der Waals surface area (Å²) < 4.78 is 1.49. The van der Waals surface area contributed by atoms with Crippen LogP contribution >= 0.6 is 23.2 Å². The number of benzene rings is 1. The lowest BCUT2D eigenvalue weighted by atomic mass is 10.2. The van der Waals surface area contributed by atoms with Crippen LogP contribution in [0.1, 0.15) is 19.3 Å². The molecule has 0 fully saturated rings. The third-order valence-electron chi connectivity index (χ3n) is 2.63. The zero-order valence-corrected chi connectivity index (χ0v) is 12.1. The Morgan fingerprint density at radius 1 is 1.35 bits per heavy atom. The number of nitrogens with one attached hydrogen (secondary N) is 1. The number of carbonyl (C=O) groups is 1. The molecule has 0 saturated heterocycles. The van der Waals surface area contributed by atoms with Crippen LogP contribution in [-0.2, 0) is 4.79 Å². The first-order valence-corrected chi connectivity index (χ1v) is 7.00. The highest BCUT2D eigenvalue weighted by atomic mass is 35.5. The minimum Gasteiger partial charge on any atom is -0.325 e. The van der Waals surface area contributed by atoms with Gasteiger partial charge in [0.15, 0.2) is 0 Å². The monoisotopic (exact) mass is 313 g/mol. The number of alkyl halides is 1. The van der Waals surface area contributed by atoms with Gasteiger partial charge in [0.1, 0.15) is 6.33 Å². The highest BCUT2D eigenvalue weighted by Gasteiger charge is 2.08. The Kier molecular flexibility index (Phi) is 5.31. The average molecular weight is 314 g/mol. The lowest BCUT2D eigenvalue weighted by Gasteiger charge is -2.09. The van der Waals surface area contributed by atoms with Crippen molar-refractivity contribution in [3.8, 4) is 5.69 Å². The first kappa shape index (κ1) is 14.7. The molecular formula is C12H13Cl2N5O. The van der Waals surface area contributed by atoms with Crippen LogP contribution in [0.4, 0.5) is 5.69 Å². The van der Waals surface area contributed by atoms with Crippen LogP contribution in [0, 0.1) is 0 Å². The molecule has 2 rings (SSSR count). The van der Waals surface area contributed by atoms with Crippen LogP contribution in [0.2, 0.25) is 5.02 Å². The summed E-state index contributed by atoms with van der Waals surface area (Å²) >= 11 is 11.6. The molecular weight excluding hydrogens is 301 g/mol. The topological polar surface area (TPSA) is 72.7 Å². The molecule has 6 nitrogen and oxygen atoms in total. The molecule has 1 amide bonds. The van der Waals surface area contributed by atoms with Gasteiger partial charge in [-0.2, -0.15) is 0 Å². The number of amides is 1. The Labute approximate surface area is 126 Å². The maximum Gasteiger partial charge on any atom is 0.224 e. The lowest BCUT2D eigenvalue weighted by molar-refractivity contribution is -0.116. The molecule has 0 atom stereocenters. The summed E-state index contributed by atoms with van der Waals surface area (Å²) in [6, 6.07) is 5.17. The van der Waals surface area contributed by atoms with E-state index >= 15 is 0 Å². The second-order valence-corrected chi connectivity index (χ2v) is 4.90. The predicted molar refractivity (Wildman–Crippen MR) is 77.4 cm³/mol. The molecule has 0 radical (unpaired) electrons. The first-order valence-electron chi connectivity index (χ1n) is 6.09. The molecule has 20 heavy (non-hydrogen) atoms. The Hall–Kier alpha value is -1.66. The van der Waals surface area contributed by atoms with E-state index in [2.05, 4.69) is 20.8 Å². The summed E-state index contributed by atoms with van der Waals surface area (Å²) in [6.45, 7) is 0. The molecule has 0 saturated carbocycles. The Balaban J connectivity index is 2.07. The Morgan fingerprint density at radius 3 is 2.90 bits per heavy atom. The van der Waals surface area contributed by atoms with E-state index < -0.39 is 0 Å². The Morgan fingerprint density at radius 2 is 2.20 bits per heavy atom. The maximum absolute atomic E-state index is 11.8. The van der Waals surface area contributed by atoms with Gasteiger partial charge in [0.05, 0.1) is 16.4 Å². The number of tetrazole rings is 1. The summed E-state index contributed by atoms with van der Waals surface area (Å²) in [5.41, 5.74) is 1.26. The van der Waals surface area contributed by atoms with Crippen LogP contribution in [0.15, 0.2) is 24.5 Å². The fourth-order valence-corrected chi connectivity index (χ4v) is 1.98. The molecule has 0 bridgehead atoms. The largest absolute Gasteiger partial charge is 0.325 e. The summed E-state index contributed by atoms with van der Waals surface area (Å²) in [6.07, 6.45) is 3.44. The fourth-order valence-electron chi connectivity index (χ4n) is 1.62. The predicted octanol–water partition coefficient (Wildman–Crippen LogP) is 2.66. The maximum atomic E-state index is 11.8. The number of unbranched alkanes of at least 4 members (excludes halogenated alkanes) is 1. The van der Waals surface area contributed by atoms with Crippen molar-refractivity contribution in [2.75, 3.05) is 11.2 Å². The molecule has 1 aromatic heterocycles. The van der Waals surface area contributed by atoms with Gasteiger partial charge in [0, 0.05) is 12.3 Å². The van der Waals surface area contributed by atoms with E-state index in [1.54, 1.807) is 18.2 Å². The van der Waals surface area contributed by atoms with Gasteiger partial charge in [0.25, 0.3) is 0 Å². The van der Waals surface area contributed by atoms with Crippen LogP contribution in [-0.4, -0.2) is 32.0 Å². The van der Waals surface area contributed by atoms with Gasteiger partial charge in [-0.3, -0.25) is 4.79 Å². The van der Waals surface area contributed by atoms with E-state index in [-0.39, 0.29) is 5.91 Å². The minimum absolute atomic E-state index is 0.0918. The van der Waals surface area contributed by atoms with E-state index in [1.165, 1.54) is 11.0 Å². The van der Waals surface area contributed by atoms with Crippen LogP contribution in [0.3, 0.4) is 0 Å². The standard InChI is InChI=1S/C12H13Cl2N5O/c13-6-2-1-3-12(20)16-11-7-9(4-5-10(11)14)19-8-15-17-18-19/h4-5,7-8H,1-3,6H2,(H,16,20). The van der Waals surface area contributed by atoms with Gasteiger partial charge in [-0.15, -0.1) is 16.7 Å². The summed E-state index contributed by atoms with van der Waals surface area (Å²) in [4.78, 5) is 11.8. The SMILES string of the molecule is O=C(CCCCCl)Nc1cc(-n2cnnn2)ccc1Cl. The molecule has 2 aromatic rings. The second-order valence-electron chi connectivity index (χ2n) is 4.11. The van der Waals surface area contributed by atoms with Crippen molar-refractivity contribution < 1.29 is 4.79 Å². The fraction of sp³-hybridized carbons (Fsp3) is 0.333. The molecule has 8 heteroatoms. The molecule has 0 spiro atoms. The molecule has 106 valence electrons. The van der Waals surface area contributed by atoms with Gasteiger partial charge in [-0.25, -0.2) is 4.68 Å². The summed E-state index contributed by atoms with van der Waals surface area (Å²) in [5.74, 6) is 0.467. The number of hydrogen-bond donors (Lipinski definition) is 1. The normalized spacial score (nSPS) is 10.5. The summed E-state index contributed by atoms with van der Waals surface area (Å²) in [7, 11) is 0. The Bertz CT molecular complexity index is 573. The average Bonchev–Trinajstić information content (AvgIpc) is 2.95. The van der Waals surface area contributed by atoms with Crippen molar-refractivity contribution in [1.29, 1.82) is 0 Å². The van der Waals surface area contributed by atoms with Crippen LogP contribution < -0.4 is 5.32 Å². The van der Waals surface area contributed by atoms with E-state index in [9.17, 15) is 4.79 Å². The van der Waals surface area contributed by atoms with Crippen molar-refractivity contribution >= 4 is 34.8 Å². The number of aromatic nitrogens is 4. The number of halogens is 2.